The van der Waals surface area contributed by atoms with Crippen LogP contribution in [0.2, 0.25) is 0 Å². The van der Waals surface area contributed by atoms with Gasteiger partial charge in [0.05, 0.1) is 6.42 Å². The molecular formula is C11H15NO2S. The largest absolute Gasteiger partial charge is 0.481 e. The zero-order chi connectivity index (χ0) is 11.1. The number of aryl methyl sites for hydroxylation is 2. The minimum absolute atomic E-state index is 0.159. The van der Waals surface area contributed by atoms with Crippen molar-refractivity contribution in [1.29, 1.82) is 0 Å². The highest BCUT2D eigenvalue weighted by Crippen LogP contribution is 2.44. The number of carboxylic acids is 1. The molecule has 1 heterocycles. The molecule has 1 aliphatic carbocycles. The van der Waals surface area contributed by atoms with E-state index in [1.54, 1.807) is 11.3 Å². The second-order valence-electron chi connectivity index (χ2n) is 4.25. The Hall–Kier alpha value is -0.870. The Morgan fingerprint density at radius 1 is 1.73 bits per heavy atom. The lowest BCUT2D eigenvalue weighted by Gasteiger charge is -2.25. The number of hydrogen-bond acceptors (Lipinski definition) is 3. The maximum absolute atomic E-state index is 10.9. The maximum atomic E-state index is 10.9. The Balaban J connectivity index is 2.39. The third kappa shape index (κ3) is 1.68. The number of rotatable bonds is 3. The van der Waals surface area contributed by atoms with Gasteiger partial charge in [0.2, 0.25) is 0 Å². The van der Waals surface area contributed by atoms with E-state index in [1.165, 1.54) is 15.3 Å². The molecule has 0 fully saturated rings. The van der Waals surface area contributed by atoms with Crippen LogP contribution in [0.3, 0.4) is 0 Å². The van der Waals surface area contributed by atoms with E-state index < -0.39 is 5.97 Å². The van der Waals surface area contributed by atoms with Gasteiger partial charge in [0, 0.05) is 21.7 Å². The molecule has 0 spiro atoms. The highest BCUT2D eigenvalue weighted by atomic mass is 32.1. The van der Waals surface area contributed by atoms with Crippen LogP contribution in [-0.2, 0) is 16.6 Å². The van der Waals surface area contributed by atoms with Crippen LogP contribution in [0.15, 0.2) is 6.07 Å². The molecule has 4 heteroatoms. The molecule has 0 aliphatic heterocycles. The van der Waals surface area contributed by atoms with Crippen molar-refractivity contribution in [1.82, 2.24) is 0 Å². The highest BCUT2D eigenvalue weighted by Gasteiger charge is 2.40. The molecule has 1 aliphatic rings. The summed E-state index contributed by atoms with van der Waals surface area (Å²) in [7, 11) is 0. The summed E-state index contributed by atoms with van der Waals surface area (Å²) in [4.78, 5) is 13.5. The fourth-order valence-corrected chi connectivity index (χ4v) is 3.60. The summed E-state index contributed by atoms with van der Waals surface area (Å²) in [5.41, 5.74) is 6.67. The Morgan fingerprint density at radius 2 is 2.47 bits per heavy atom. The maximum Gasteiger partial charge on any atom is 0.304 e. The Labute approximate surface area is 92.9 Å². The lowest BCUT2D eigenvalue weighted by Crippen LogP contribution is -2.35. The first kappa shape index (κ1) is 10.6. The molecule has 1 aromatic heterocycles. The predicted molar refractivity (Wildman–Crippen MR) is 60.4 cm³/mol. The average Bonchev–Trinajstić information content (AvgIpc) is 2.65. The van der Waals surface area contributed by atoms with Gasteiger partial charge in [-0.1, -0.05) is 0 Å². The van der Waals surface area contributed by atoms with Gasteiger partial charge in [-0.05, 0) is 31.4 Å². The summed E-state index contributed by atoms with van der Waals surface area (Å²) in [6, 6.07) is 2.11. The molecule has 0 saturated carbocycles. The SMILES string of the molecule is Cc1cc2c(s1)CCC2(CN)CC(=O)O. The number of carboxylic acid groups (broad SMARTS) is 1. The minimum atomic E-state index is -0.753. The molecule has 0 bridgehead atoms. The van der Waals surface area contributed by atoms with E-state index in [9.17, 15) is 4.79 Å². The number of fused-ring (bicyclic) bond motifs is 1. The molecule has 0 amide bonds. The second kappa shape index (κ2) is 3.61. The molecule has 3 nitrogen and oxygen atoms in total. The van der Waals surface area contributed by atoms with Crippen molar-refractivity contribution in [3.8, 4) is 0 Å². The summed E-state index contributed by atoms with van der Waals surface area (Å²) in [6.45, 7) is 2.49. The Kier molecular flexibility index (Phi) is 2.56. The van der Waals surface area contributed by atoms with E-state index in [0.29, 0.717) is 6.54 Å². The van der Waals surface area contributed by atoms with Crippen LogP contribution < -0.4 is 5.73 Å². The normalized spacial score (nSPS) is 24.1. The summed E-state index contributed by atoms with van der Waals surface area (Å²) in [5, 5.41) is 8.95. The molecule has 1 unspecified atom stereocenters. The van der Waals surface area contributed by atoms with E-state index in [1.807, 2.05) is 0 Å². The quantitative estimate of drug-likeness (QED) is 0.822. The predicted octanol–water partition coefficient (Wildman–Crippen LogP) is 1.67. The van der Waals surface area contributed by atoms with Crippen molar-refractivity contribution in [2.45, 2.75) is 31.6 Å². The van der Waals surface area contributed by atoms with Crippen LogP contribution in [-0.4, -0.2) is 17.6 Å². The average molecular weight is 225 g/mol. The number of hydrogen-bond donors (Lipinski definition) is 2. The second-order valence-corrected chi connectivity index (χ2v) is 5.59. The third-order valence-electron chi connectivity index (χ3n) is 3.21. The molecular weight excluding hydrogens is 210 g/mol. The summed E-state index contributed by atoms with van der Waals surface area (Å²) in [5.74, 6) is -0.753. The molecule has 1 aromatic rings. The van der Waals surface area contributed by atoms with Crippen LogP contribution in [0.5, 0.6) is 0 Å². The monoisotopic (exact) mass is 225 g/mol. The van der Waals surface area contributed by atoms with E-state index in [2.05, 4.69) is 13.0 Å². The van der Waals surface area contributed by atoms with Crippen molar-refractivity contribution >= 4 is 17.3 Å². The van der Waals surface area contributed by atoms with Crippen molar-refractivity contribution in [2.24, 2.45) is 5.73 Å². The topological polar surface area (TPSA) is 63.3 Å². The van der Waals surface area contributed by atoms with Gasteiger partial charge >= 0.3 is 5.97 Å². The van der Waals surface area contributed by atoms with Gasteiger partial charge in [-0.15, -0.1) is 11.3 Å². The van der Waals surface area contributed by atoms with Crippen LogP contribution in [0.1, 0.15) is 28.2 Å². The third-order valence-corrected chi connectivity index (χ3v) is 4.32. The molecule has 0 saturated heterocycles. The summed E-state index contributed by atoms with van der Waals surface area (Å²) >= 11 is 1.77. The van der Waals surface area contributed by atoms with Gasteiger partial charge in [0.1, 0.15) is 0 Å². The van der Waals surface area contributed by atoms with Gasteiger partial charge in [-0.25, -0.2) is 0 Å². The number of aliphatic carboxylic acids is 1. The molecule has 0 radical (unpaired) electrons. The first-order valence-electron chi connectivity index (χ1n) is 5.09. The summed E-state index contributed by atoms with van der Waals surface area (Å²) in [6.07, 6.45) is 2.03. The first-order chi connectivity index (χ1) is 7.07. The van der Waals surface area contributed by atoms with Crippen molar-refractivity contribution in [3.63, 3.8) is 0 Å². The van der Waals surface area contributed by atoms with Crippen LogP contribution in [0.25, 0.3) is 0 Å². The fourth-order valence-electron chi connectivity index (χ4n) is 2.44. The standard InChI is InChI=1S/C11H15NO2S/c1-7-4-8-9(15-7)2-3-11(8,6-12)5-10(13)14/h4H,2-3,5-6,12H2,1H3,(H,13,14). The molecule has 2 rings (SSSR count). The summed E-state index contributed by atoms with van der Waals surface area (Å²) < 4.78 is 0. The van der Waals surface area contributed by atoms with Gasteiger partial charge in [-0.2, -0.15) is 0 Å². The Morgan fingerprint density at radius 3 is 3.07 bits per heavy atom. The van der Waals surface area contributed by atoms with Gasteiger partial charge in [-0.3, -0.25) is 4.79 Å². The van der Waals surface area contributed by atoms with E-state index in [0.717, 1.165) is 12.8 Å². The molecule has 1 atom stereocenters. The van der Waals surface area contributed by atoms with E-state index >= 15 is 0 Å². The lowest BCUT2D eigenvalue weighted by molar-refractivity contribution is -0.138. The van der Waals surface area contributed by atoms with E-state index in [4.69, 9.17) is 10.8 Å². The lowest BCUT2D eigenvalue weighted by atomic mass is 9.79. The van der Waals surface area contributed by atoms with Crippen molar-refractivity contribution in [2.75, 3.05) is 6.54 Å². The molecule has 0 aromatic carbocycles. The zero-order valence-corrected chi connectivity index (χ0v) is 9.56. The van der Waals surface area contributed by atoms with Crippen LogP contribution in [0.4, 0.5) is 0 Å². The zero-order valence-electron chi connectivity index (χ0n) is 8.75. The first-order valence-corrected chi connectivity index (χ1v) is 5.91. The minimum Gasteiger partial charge on any atom is -0.481 e. The van der Waals surface area contributed by atoms with Gasteiger partial charge < -0.3 is 10.8 Å². The van der Waals surface area contributed by atoms with Crippen molar-refractivity contribution < 1.29 is 9.90 Å². The number of carbonyl (C=O) groups is 1. The number of nitrogens with two attached hydrogens (primary N) is 1. The van der Waals surface area contributed by atoms with Crippen LogP contribution >= 0.6 is 11.3 Å². The smallest absolute Gasteiger partial charge is 0.304 e. The molecule has 15 heavy (non-hydrogen) atoms. The van der Waals surface area contributed by atoms with Crippen molar-refractivity contribution in [3.05, 3.63) is 21.4 Å². The Bertz CT molecular complexity index is 399. The van der Waals surface area contributed by atoms with Gasteiger partial charge in [0.15, 0.2) is 0 Å². The van der Waals surface area contributed by atoms with Crippen LogP contribution in [0, 0.1) is 6.92 Å². The molecule has 3 N–H and O–H groups in total. The van der Waals surface area contributed by atoms with E-state index in [-0.39, 0.29) is 11.8 Å². The fraction of sp³-hybridized carbons (Fsp3) is 0.545. The van der Waals surface area contributed by atoms with Gasteiger partial charge in [0.25, 0.3) is 0 Å². The number of thiophene rings is 1. The highest BCUT2D eigenvalue weighted by molar-refractivity contribution is 7.12. The molecule has 82 valence electrons.